The van der Waals surface area contributed by atoms with Crippen LogP contribution in [0.25, 0.3) is 0 Å². The van der Waals surface area contributed by atoms with Crippen LogP contribution in [0.3, 0.4) is 0 Å². The Morgan fingerprint density at radius 2 is 1.67 bits per heavy atom. The summed E-state index contributed by atoms with van der Waals surface area (Å²) in [5, 5.41) is 0.238. The molecule has 0 amide bonds. The van der Waals surface area contributed by atoms with Gasteiger partial charge in [-0.1, -0.05) is 45.9 Å². The van der Waals surface area contributed by atoms with Crippen LogP contribution in [-0.2, 0) is 14.3 Å². The molecule has 0 aliphatic rings. The summed E-state index contributed by atoms with van der Waals surface area (Å²) < 4.78 is 30.8. The lowest BCUT2D eigenvalue weighted by atomic mass is 10.0. The quantitative estimate of drug-likeness (QED) is 0.438. The molecule has 0 aliphatic carbocycles. The molecule has 1 aromatic carbocycles. The van der Waals surface area contributed by atoms with Crippen molar-refractivity contribution < 1.29 is 12.8 Å². The SMILES string of the molecule is C[C@H](CCCO[Si](C)(C)C(C)(C)C)CCS(=O)(=O)c1ccccc1. The van der Waals surface area contributed by atoms with Gasteiger partial charge in [0.05, 0.1) is 10.6 Å². The Kier molecular flexibility index (Phi) is 7.69. The van der Waals surface area contributed by atoms with Gasteiger partial charge in [-0.2, -0.15) is 0 Å². The Morgan fingerprint density at radius 3 is 2.21 bits per heavy atom. The van der Waals surface area contributed by atoms with Gasteiger partial charge >= 0.3 is 0 Å². The van der Waals surface area contributed by atoms with E-state index in [-0.39, 0.29) is 10.8 Å². The van der Waals surface area contributed by atoms with Gasteiger partial charge in [0.25, 0.3) is 0 Å². The molecule has 0 heterocycles. The van der Waals surface area contributed by atoms with Crippen molar-refractivity contribution >= 4 is 18.2 Å². The lowest BCUT2D eigenvalue weighted by molar-refractivity contribution is 0.269. The molecule has 0 saturated carbocycles. The van der Waals surface area contributed by atoms with Crippen LogP contribution in [0, 0.1) is 5.92 Å². The third kappa shape index (κ3) is 6.69. The van der Waals surface area contributed by atoms with Gasteiger partial charge in [0.1, 0.15) is 0 Å². The highest BCUT2D eigenvalue weighted by Gasteiger charge is 2.36. The predicted octanol–water partition coefficient (Wildman–Crippen LogP) is 5.29. The van der Waals surface area contributed by atoms with Gasteiger partial charge in [0.2, 0.25) is 0 Å². The van der Waals surface area contributed by atoms with Gasteiger partial charge in [0.15, 0.2) is 18.2 Å². The van der Waals surface area contributed by atoms with E-state index in [2.05, 4.69) is 40.8 Å². The lowest BCUT2D eigenvalue weighted by Gasteiger charge is -2.36. The molecule has 0 radical (unpaired) electrons. The summed E-state index contributed by atoms with van der Waals surface area (Å²) in [6.45, 7) is 14.2. The van der Waals surface area contributed by atoms with Crippen LogP contribution in [0.5, 0.6) is 0 Å². The summed E-state index contributed by atoms with van der Waals surface area (Å²) >= 11 is 0. The minimum Gasteiger partial charge on any atom is -0.417 e. The van der Waals surface area contributed by atoms with E-state index in [9.17, 15) is 8.42 Å². The Bertz CT molecular complexity index is 589. The molecule has 0 N–H and O–H groups in total. The Balaban J connectivity index is 2.34. The van der Waals surface area contributed by atoms with Gasteiger partial charge in [-0.15, -0.1) is 0 Å². The maximum atomic E-state index is 12.3. The van der Waals surface area contributed by atoms with E-state index in [4.69, 9.17) is 4.43 Å². The number of rotatable bonds is 9. The van der Waals surface area contributed by atoms with E-state index in [1.54, 1.807) is 24.3 Å². The second-order valence-corrected chi connectivity index (χ2v) is 15.2. The number of hydrogen-bond donors (Lipinski definition) is 0. The van der Waals surface area contributed by atoms with E-state index < -0.39 is 18.2 Å². The van der Waals surface area contributed by atoms with Crippen molar-refractivity contribution in [2.75, 3.05) is 12.4 Å². The summed E-state index contributed by atoms with van der Waals surface area (Å²) in [7, 11) is -4.82. The third-order valence-corrected chi connectivity index (χ3v) is 11.4. The van der Waals surface area contributed by atoms with Crippen molar-refractivity contribution in [2.45, 2.75) is 70.0 Å². The first kappa shape index (κ1) is 21.4. The zero-order valence-electron chi connectivity index (χ0n) is 16.1. The van der Waals surface area contributed by atoms with Crippen molar-refractivity contribution in [3.8, 4) is 0 Å². The second-order valence-electron chi connectivity index (χ2n) is 8.28. The van der Waals surface area contributed by atoms with Gasteiger partial charge in [-0.05, 0) is 55.4 Å². The van der Waals surface area contributed by atoms with Crippen LogP contribution in [0.4, 0.5) is 0 Å². The van der Waals surface area contributed by atoms with Crippen LogP contribution in [0.15, 0.2) is 35.2 Å². The molecule has 0 bridgehead atoms. The Labute approximate surface area is 149 Å². The Hall–Kier alpha value is -0.653. The lowest BCUT2D eigenvalue weighted by Crippen LogP contribution is -2.41. The largest absolute Gasteiger partial charge is 0.417 e. The fourth-order valence-corrected chi connectivity index (χ4v) is 4.83. The van der Waals surface area contributed by atoms with Crippen LogP contribution < -0.4 is 0 Å². The number of benzene rings is 1. The molecule has 5 heteroatoms. The summed E-state index contributed by atoms with van der Waals surface area (Å²) in [6, 6.07) is 8.73. The molecule has 0 aliphatic heterocycles. The van der Waals surface area contributed by atoms with Crippen LogP contribution in [0.1, 0.15) is 47.0 Å². The number of hydrogen-bond acceptors (Lipinski definition) is 3. The molecular weight excluding hydrogens is 336 g/mol. The maximum absolute atomic E-state index is 12.3. The molecule has 1 atom stereocenters. The molecule has 0 unspecified atom stereocenters. The monoisotopic (exact) mass is 370 g/mol. The van der Waals surface area contributed by atoms with Crippen LogP contribution in [0.2, 0.25) is 18.1 Å². The smallest absolute Gasteiger partial charge is 0.191 e. The average molecular weight is 371 g/mol. The highest BCUT2D eigenvalue weighted by atomic mass is 32.2. The van der Waals surface area contributed by atoms with E-state index in [1.807, 2.05) is 6.07 Å². The molecule has 24 heavy (non-hydrogen) atoms. The molecule has 1 rings (SSSR count). The standard InChI is InChI=1S/C19H34O3SSi/c1-17(11-10-15-22-24(5,6)19(2,3)4)14-16-23(20,21)18-12-8-7-9-13-18/h7-9,12-13,17H,10-11,14-16H2,1-6H3/t17-/m1/s1. The normalized spacial score (nSPS) is 14.6. The van der Waals surface area contributed by atoms with Gasteiger partial charge in [-0.25, -0.2) is 8.42 Å². The van der Waals surface area contributed by atoms with Crippen molar-refractivity contribution in [3.63, 3.8) is 0 Å². The molecule has 1 aromatic rings. The van der Waals surface area contributed by atoms with E-state index in [1.165, 1.54) is 0 Å². The fourth-order valence-electron chi connectivity index (χ4n) is 2.22. The first-order valence-electron chi connectivity index (χ1n) is 8.87. The second kappa shape index (κ2) is 8.63. The van der Waals surface area contributed by atoms with E-state index in [0.717, 1.165) is 19.4 Å². The molecular formula is C19H34O3SSi. The number of sulfone groups is 1. The van der Waals surface area contributed by atoms with Crippen molar-refractivity contribution in [1.82, 2.24) is 0 Å². The van der Waals surface area contributed by atoms with Crippen molar-refractivity contribution in [1.29, 1.82) is 0 Å². The molecule has 0 aromatic heterocycles. The third-order valence-electron chi connectivity index (χ3n) is 5.09. The van der Waals surface area contributed by atoms with Crippen molar-refractivity contribution in [2.24, 2.45) is 5.92 Å². The summed E-state index contributed by atoms with van der Waals surface area (Å²) in [5.74, 6) is 0.618. The maximum Gasteiger partial charge on any atom is 0.191 e. The highest BCUT2D eigenvalue weighted by molar-refractivity contribution is 7.91. The molecule has 0 saturated heterocycles. The van der Waals surface area contributed by atoms with Gasteiger partial charge in [0, 0.05) is 6.61 Å². The topological polar surface area (TPSA) is 43.4 Å². The van der Waals surface area contributed by atoms with Gasteiger partial charge in [-0.3, -0.25) is 0 Å². The van der Waals surface area contributed by atoms with Gasteiger partial charge < -0.3 is 4.43 Å². The zero-order chi connectivity index (χ0) is 18.4. The average Bonchev–Trinajstić information content (AvgIpc) is 2.49. The Morgan fingerprint density at radius 1 is 1.08 bits per heavy atom. The minimum atomic E-state index is -3.15. The van der Waals surface area contributed by atoms with Crippen LogP contribution >= 0.6 is 0 Å². The molecule has 0 fully saturated rings. The minimum absolute atomic E-state index is 0.223. The predicted molar refractivity (Wildman–Crippen MR) is 105 cm³/mol. The van der Waals surface area contributed by atoms with E-state index in [0.29, 0.717) is 17.2 Å². The molecule has 0 spiro atoms. The fraction of sp³-hybridized carbons (Fsp3) is 0.684. The van der Waals surface area contributed by atoms with Crippen LogP contribution in [-0.4, -0.2) is 29.1 Å². The highest BCUT2D eigenvalue weighted by Crippen LogP contribution is 2.36. The molecule has 3 nitrogen and oxygen atoms in total. The summed E-state index contributed by atoms with van der Waals surface area (Å²) in [4.78, 5) is 0.429. The summed E-state index contributed by atoms with van der Waals surface area (Å²) in [5.41, 5.74) is 0. The zero-order valence-corrected chi connectivity index (χ0v) is 17.9. The first-order chi connectivity index (χ1) is 11.0. The van der Waals surface area contributed by atoms with E-state index >= 15 is 0 Å². The first-order valence-corrected chi connectivity index (χ1v) is 13.4. The summed E-state index contributed by atoms with van der Waals surface area (Å²) in [6.07, 6.45) is 2.72. The van der Waals surface area contributed by atoms with Crippen molar-refractivity contribution in [3.05, 3.63) is 30.3 Å². The molecule has 138 valence electrons.